The molecule has 0 spiro atoms. The van der Waals surface area contributed by atoms with Crippen molar-refractivity contribution in [2.24, 2.45) is 0 Å². The van der Waals surface area contributed by atoms with Crippen molar-refractivity contribution in [3.05, 3.63) is 54.9 Å². The molecule has 5 rings (SSSR count). The van der Waals surface area contributed by atoms with Gasteiger partial charge >= 0.3 is 0 Å². The van der Waals surface area contributed by atoms with E-state index in [9.17, 15) is 5.11 Å². The lowest BCUT2D eigenvalue weighted by Crippen LogP contribution is -2.37. The molecule has 1 aliphatic rings. The minimum Gasteiger partial charge on any atom is -0.504 e. The third-order valence-electron chi connectivity index (χ3n) is 4.76. The average Bonchev–Trinajstić information content (AvgIpc) is 2.80. The Kier molecular flexibility index (Phi) is 4.45. The van der Waals surface area contributed by atoms with Gasteiger partial charge in [0.1, 0.15) is 5.52 Å². The first kappa shape index (κ1) is 17.4. The summed E-state index contributed by atoms with van der Waals surface area (Å²) >= 11 is 0. The van der Waals surface area contributed by atoms with Gasteiger partial charge in [-0.25, -0.2) is 19.9 Å². The number of hydrogen-bond acceptors (Lipinski definition) is 8. The van der Waals surface area contributed by atoms with E-state index >= 15 is 0 Å². The minimum absolute atomic E-state index is 0.0687. The second-order valence-electron chi connectivity index (χ2n) is 6.63. The normalized spacial score (nSPS) is 14.3. The molecule has 1 aliphatic heterocycles. The number of aromatic hydroxyl groups is 1. The van der Waals surface area contributed by atoms with Crippen LogP contribution in [0.1, 0.15) is 0 Å². The molecule has 8 heteroatoms. The van der Waals surface area contributed by atoms with Crippen molar-refractivity contribution in [3.8, 4) is 28.7 Å². The Morgan fingerprint density at radius 2 is 1.69 bits per heavy atom. The Morgan fingerprint density at radius 1 is 0.862 bits per heavy atom. The number of hydrogen-bond donors (Lipinski definition) is 1. The lowest BCUT2D eigenvalue weighted by molar-refractivity contribution is 0.122. The fraction of sp³-hybridized carbons (Fsp3) is 0.190. The SMILES string of the molecule is Oc1cnc(-c2ccccc2)nc1-c1nc(N2CCOCC2)c2ncccc2n1. The summed E-state index contributed by atoms with van der Waals surface area (Å²) < 4.78 is 5.47. The maximum atomic E-state index is 10.5. The first-order chi connectivity index (χ1) is 14.3. The van der Waals surface area contributed by atoms with Gasteiger partial charge < -0.3 is 14.7 Å². The highest BCUT2D eigenvalue weighted by Crippen LogP contribution is 2.30. The van der Waals surface area contributed by atoms with E-state index < -0.39 is 0 Å². The Bertz CT molecular complexity index is 1160. The van der Waals surface area contributed by atoms with E-state index in [1.165, 1.54) is 6.20 Å². The monoisotopic (exact) mass is 386 g/mol. The van der Waals surface area contributed by atoms with Crippen molar-refractivity contribution in [3.63, 3.8) is 0 Å². The van der Waals surface area contributed by atoms with Crippen molar-refractivity contribution in [2.75, 3.05) is 31.2 Å². The molecule has 0 aliphatic carbocycles. The molecule has 1 saturated heterocycles. The van der Waals surface area contributed by atoms with E-state index in [0.29, 0.717) is 55.0 Å². The summed E-state index contributed by atoms with van der Waals surface area (Å²) in [6.45, 7) is 2.69. The van der Waals surface area contributed by atoms with Crippen LogP contribution in [0.25, 0.3) is 33.9 Å². The van der Waals surface area contributed by atoms with Crippen molar-refractivity contribution < 1.29 is 9.84 Å². The average molecular weight is 386 g/mol. The summed E-state index contributed by atoms with van der Waals surface area (Å²) in [6, 6.07) is 13.3. The van der Waals surface area contributed by atoms with Crippen LogP contribution in [0, 0.1) is 0 Å². The fourth-order valence-corrected chi connectivity index (χ4v) is 3.32. The highest BCUT2D eigenvalue weighted by Gasteiger charge is 2.21. The molecular weight excluding hydrogens is 368 g/mol. The minimum atomic E-state index is -0.0687. The number of ether oxygens (including phenoxy) is 1. The Hall–Kier alpha value is -3.65. The first-order valence-electron chi connectivity index (χ1n) is 9.37. The van der Waals surface area contributed by atoms with Crippen molar-refractivity contribution >= 4 is 16.9 Å². The van der Waals surface area contributed by atoms with Gasteiger partial charge in [-0.2, -0.15) is 0 Å². The number of aromatic nitrogens is 5. The molecule has 0 atom stereocenters. The summed E-state index contributed by atoms with van der Waals surface area (Å²) in [7, 11) is 0. The molecule has 144 valence electrons. The van der Waals surface area contributed by atoms with Crippen LogP contribution >= 0.6 is 0 Å². The lowest BCUT2D eigenvalue weighted by Gasteiger charge is -2.28. The molecule has 0 amide bonds. The number of fused-ring (bicyclic) bond motifs is 1. The molecule has 29 heavy (non-hydrogen) atoms. The molecule has 1 aromatic carbocycles. The highest BCUT2D eigenvalue weighted by atomic mass is 16.5. The predicted molar refractivity (Wildman–Crippen MR) is 108 cm³/mol. The van der Waals surface area contributed by atoms with Gasteiger partial charge in [-0.05, 0) is 12.1 Å². The maximum Gasteiger partial charge on any atom is 0.184 e. The number of pyridine rings is 1. The predicted octanol–water partition coefficient (Wildman–Crippen LogP) is 2.69. The second-order valence-corrected chi connectivity index (χ2v) is 6.63. The molecule has 4 heterocycles. The Balaban J connectivity index is 1.67. The Morgan fingerprint density at radius 3 is 2.52 bits per heavy atom. The third kappa shape index (κ3) is 3.34. The summed E-state index contributed by atoms with van der Waals surface area (Å²) in [5, 5.41) is 10.5. The topological polar surface area (TPSA) is 97.2 Å². The molecule has 8 nitrogen and oxygen atoms in total. The van der Waals surface area contributed by atoms with E-state index in [0.717, 1.165) is 11.1 Å². The number of nitrogens with zero attached hydrogens (tertiary/aromatic N) is 6. The molecule has 1 fully saturated rings. The number of anilines is 1. The van der Waals surface area contributed by atoms with E-state index in [-0.39, 0.29) is 5.75 Å². The van der Waals surface area contributed by atoms with Crippen molar-refractivity contribution in [2.45, 2.75) is 0 Å². The van der Waals surface area contributed by atoms with E-state index in [2.05, 4.69) is 24.8 Å². The summed E-state index contributed by atoms with van der Waals surface area (Å²) in [4.78, 5) is 24.8. The van der Waals surface area contributed by atoms with Crippen LogP contribution in [0.15, 0.2) is 54.9 Å². The van der Waals surface area contributed by atoms with Gasteiger partial charge in [0, 0.05) is 24.8 Å². The lowest BCUT2D eigenvalue weighted by atomic mass is 10.2. The number of morpholine rings is 1. The van der Waals surface area contributed by atoms with Crippen LogP contribution in [0.3, 0.4) is 0 Å². The van der Waals surface area contributed by atoms with Crippen molar-refractivity contribution in [1.82, 2.24) is 24.9 Å². The van der Waals surface area contributed by atoms with Crippen LogP contribution in [0.2, 0.25) is 0 Å². The standard InChI is InChI=1S/C21H18N6O2/c28-16-13-23-19(14-5-2-1-3-6-14)25-18(16)20-24-15-7-4-8-22-17(15)21(26-20)27-9-11-29-12-10-27/h1-8,13,28H,9-12H2. The van der Waals surface area contributed by atoms with E-state index in [1.54, 1.807) is 6.20 Å². The zero-order chi connectivity index (χ0) is 19.6. The summed E-state index contributed by atoms with van der Waals surface area (Å²) in [5.74, 6) is 1.49. The maximum absolute atomic E-state index is 10.5. The molecule has 0 saturated carbocycles. The van der Waals surface area contributed by atoms with Crippen LogP contribution in [0.4, 0.5) is 5.82 Å². The Labute approximate surface area is 166 Å². The van der Waals surface area contributed by atoms with E-state index in [1.807, 2.05) is 42.5 Å². The first-order valence-corrected chi connectivity index (χ1v) is 9.37. The zero-order valence-electron chi connectivity index (χ0n) is 15.6. The highest BCUT2D eigenvalue weighted by molar-refractivity contribution is 5.87. The molecule has 1 N–H and O–H groups in total. The molecule has 3 aromatic heterocycles. The van der Waals surface area contributed by atoms with E-state index in [4.69, 9.17) is 9.72 Å². The van der Waals surface area contributed by atoms with Gasteiger partial charge in [0.05, 0.1) is 24.9 Å². The molecule has 0 bridgehead atoms. The zero-order valence-corrected chi connectivity index (χ0v) is 15.6. The van der Waals surface area contributed by atoms with Gasteiger partial charge in [0.25, 0.3) is 0 Å². The largest absolute Gasteiger partial charge is 0.504 e. The van der Waals surface area contributed by atoms with Gasteiger partial charge in [-0.1, -0.05) is 30.3 Å². The second kappa shape index (κ2) is 7.40. The van der Waals surface area contributed by atoms with Gasteiger partial charge in [0.15, 0.2) is 28.9 Å². The molecular formula is C21H18N6O2. The summed E-state index contributed by atoms with van der Waals surface area (Å²) in [6.07, 6.45) is 3.11. The molecule has 0 radical (unpaired) electrons. The van der Waals surface area contributed by atoms with Crippen molar-refractivity contribution in [1.29, 1.82) is 0 Å². The van der Waals surface area contributed by atoms with Crippen LogP contribution < -0.4 is 4.90 Å². The van der Waals surface area contributed by atoms with Crippen LogP contribution in [0.5, 0.6) is 5.75 Å². The molecule has 4 aromatic rings. The smallest absolute Gasteiger partial charge is 0.184 e. The fourth-order valence-electron chi connectivity index (χ4n) is 3.32. The number of rotatable bonds is 3. The number of benzene rings is 1. The van der Waals surface area contributed by atoms with Crippen LogP contribution in [-0.2, 0) is 4.74 Å². The molecule has 0 unspecified atom stereocenters. The summed E-state index contributed by atoms with van der Waals surface area (Å²) in [5.41, 5.74) is 2.55. The quantitative estimate of drug-likeness (QED) is 0.574. The third-order valence-corrected chi connectivity index (χ3v) is 4.76. The van der Waals surface area contributed by atoms with Crippen LogP contribution in [-0.4, -0.2) is 56.3 Å². The van der Waals surface area contributed by atoms with Gasteiger partial charge in [-0.15, -0.1) is 0 Å². The van der Waals surface area contributed by atoms with Gasteiger partial charge in [0.2, 0.25) is 0 Å². The van der Waals surface area contributed by atoms with Gasteiger partial charge in [-0.3, -0.25) is 4.98 Å².